The lowest BCUT2D eigenvalue weighted by atomic mass is 9.67. The molecule has 0 amide bonds. The quantitative estimate of drug-likeness (QED) is 0.318. The minimum atomic E-state index is -0.895. The number of nitrogens with two attached hydrogens (primary N) is 1. The molecule has 3 aliphatic heterocycles. The highest BCUT2D eigenvalue weighted by Crippen LogP contribution is 2.54. The zero-order chi connectivity index (χ0) is 25.4. The summed E-state index contributed by atoms with van der Waals surface area (Å²) in [5.41, 5.74) is 5.23. The monoisotopic (exact) mass is 490 g/mol. The first kappa shape index (κ1) is 26.3. The molecule has 3 saturated heterocycles. The van der Waals surface area contributed by atoms with Crippen LogP contribution in [0.4, 0.5) is 0 Å². The molecule has 0 aromatic heterocycles. The summed E-state index contributed by atoms with van der Waals surface area (Å²) in [6.45, 7) is 8.17. The second kappa shape index (κ2) is 10.3. The summed E-state index contributed by atoms with van der Waals surface area (Å²) in [7, 11) is 0. The Bertz CT molecular complexity index is 857. The first-order valence-corrected chi connectivity index (χ1v) is 13.2. The molecule has 0 radical (unpaired) electrons. The van der Waals surface area contributed by atoms with Gasteiger partial charge in [-0.15, -0.1) is 0 Å². The predicted octanol–water partition coefficient (Wildman–Crippen LogP) is 3.02. The van der Waals surface area contributed by atoms with E-state index < -0.39 is 11.2 Å². The standard InChI is InChI=1S/C27H42N2O6/c1-5-16(2)25(32)35-26(3,4)27(13-19-11-23(28)29-15-18(19)8-9-30)14-20-10-17-6-7-24(31)33-21(17)12-22(20)34-27/h5,9,17-23,29H,6-8,10-15,28H2,1-4H3. The lowest BCUT2D eigenvalue weighted by molar-refractivity contribution is -0.207. The van der Waals surface area contributed by atoms with Crippen molar-refractivity contribution in [3.05, 3.63) is 11.6 Å². The number of nitrogens with one attached hydrogen (secondary N) is 1. The van der Waals surface area contributed by atoms with E-state index in [2.05, 4.69) is 5.32 Å². The van der Waals surface area contributed by atoms with E-state index in [1.807, 2.05) is 20.8 Å². The zero-order valence-electron chi connectivity index (χ0n) is 21.6. The lowest BCUT2D eigenvalue weighted by Crippen LogP contribution is -2.57. The smallest absolute Gasteiger partial charge is 0.334 e. The molecule has 35 heavy (non-hydrogen) atoms. The number of hydrogen-bond acceptors (Lipinski definition) is 8. The van der Waals surface area contributed by atoms with Crippen LogP contribution in [0.3, 0.4) is 0 Å². The average Bonchev–Trinajstić information content (AvgIpc) is 3.17. The number of fused-ring (bicyclic) bond motifs is 2. The van der Waals surface area contributed by atoms with E-state index in [1.165, 1.54) is 0 Å². The number of carbonyl (C=O) groups excluding carboxylic acids is 3. The van der Waals surface area contributed by atoms with Gasteiger partial charge in [0.2, 0.25) is 0 Å². The summed E-state index contributed by atoms with van der Waals surface area (Å²) in [6, 6.07) is 0. The Hall–Kier alpha value is -1.77. The summed E-state index contributed by atoms with van der Waals surface area (Å²) < 4.78 is 18.8. The molecule has 1 aliphatic carbocycles. The highest BCUT2D eigenvalue weighted by atomic mass is 16.6. The second-order valence-electron chi connectivity index (χ2n) is 11.7. The van der Waals surface area contributed by atoms with Crippen molar-refractivity contribution in [2.24, 2.45) is 29.4 Å². The fourth-order valence-corrected chi connectivity index (χ4v) is 6.84. The van der Waals surface area contributed by atoms with E-state index in [9.17, 15) is 14.4 Å². The van der Waals surface area contributed by atoms with Crippen LogP contribution in [0, 0.1) is 23.7 Å². The largest absolute Gasteiger partial charge is 0.462 e. The maximum Gasteiger partial charge on any atom is 0.334 e. The van der Waals surface area contributed by atoms with Crippen molar-refractivity contribution in [3.8, 4) is 0 Å². The molecule has 4 aliphatic rings. The van der Waals surface area contributed by atoms with Gasteiger partial charge in [0, 0.05) is 31.4 Å². The SMILES string of the molecule is CC=C(C)C(=O)OC(C)(C)C1(CC2CC(N)NCC2CC=O)CC2CC3CCC(=O)OC3CC2O1. The number of piperidine rings is 1. The van der Waals surface area contributed by atoms with Gasteiger partial charge in [0.25, 0.3) is 0 Å². The minimum absolute atomic E-state index is 0.0529. The van der Waals surface area contributed by atoms with Crippen LogP contribution in [0.2, 0.25) is 0 Å². The minimum Gasteiger partial charge on any atom is -0.462 e. The Morgan fingerprint density at radius 2 is 2.00 bits per heavy atom. The van der Waals surface area contributed by atoms with Crippen LogP contribution >= 0.6 is 0 Å². The van der Waals surface area contributed by atoms with Crippen LogP contribution in [0.25, 0.3) is 0 Å². The summed E-state index contributed by atoms with van der Waals surface area (Å²) in [5, 5.41) is 3.30. The van der Waals surface area contributed by atoms with Crippen molar-refractivity contribution in [2.75, 3.05) is 6.54 Å². The molecule has 8 heteroatoms. The fourth-order valence-electron chi connectivity index (χ4n) is 6.84. The molecule has 8 atom stereocenters. The van der Waals surface area contributed by atoms with E-state index in [4.69, 9.17) is 19.9 Å². The van der Waals surface area contributed by atoms with E-state index >= 15 is 0 Å². The molecule has 3 heterocycles. The molecule has 196 valence electrons. The lowest BCUT2D eigenvalue weighted by Gasteiger charge is -2.47. The van der Waals surface area contributed by atoms with Crippen LogP contribution in [0.1, 0.15) is 79.1 Å². The van der Waals surface area contributed by atoms with Gasteiger partial charge in [0.15, 0.2) is 0 Å². The van der Waals surface area contributed by atoms with Crippen molar-refractivity contribution in [1.29, 1.82) is 0 Å². The van der Waals surface area contributed by atoms with E-state index in [0.29, 0.717) is 49.6 Å². The van der Waals surface area contributed by atoms with Crippen molar-refractivity contribution in [3.63, 3.8) is 0 Å². The Balaban J connectivity index is 1.63. The van der Waals surface area contributed by atoms with Gasteiger partial charge < -0.3 is 30.1 Å². The molecule has 0 aromatic carbocycles. The summed E-state index contributed by atoms with van der Waals surface area (Å²) in [4.78, 5) is 36.2. The van der Waals surface area contributed by atoms with E-state index in [-0.39, 0.29) is 42.1 Å². The fraction of sp³-hybridized carbons (Fsp3) is 0.815. The van der Waals surface area contributed by atoms with E-state index in [0.717, 1.165) is 32.0 Å². The second-order valence-corrected chi connectivity index (χ2v) is 11.7. The normalized spacial score (nSPS) is 39.9. The average molecular weight is 491 g/mol. The first-order chi connectivity index (χ1) is 16.6. The Labute approximate surface area is 208 Å². The van der Waals surface area contributed by atoms with Crippen LogP contribution in [-0.2, 0) is 28.6 Å². The predicted molar refractivity (Wildman–Crippen MR) is 130 cm³/mol. The first-order valence-electron chi connectivity index (χ1n) is 13.2. The molecule has 4 fully saturated rings. The van der Waals surface area contributed by atoms with E-state index in [1.54, 1.807) is 13.0 Å². The number of rotatable bonds is 7. The van der Waals surface area contributed by atoms with Gasteiger partial charge in [-0.05, 0) is 83.5 Å². The van der Waals surface area contributed by atoms with Crippen molar-refractivity contribution < 1.29 is 28.6 Å². The third kappa shape index (κ3) is 5.35. The van der Waals surface area contributed by atoms with Gasteiger partial charge in [0.05, 0.1) is 12.3 Å². The van der Waals surface area contributed by atoms with Crippen LogP contribution in [0.15, 0.2) is 11.6 Å². The van der Waals surface area contributed by atoms with Crippen molar-refractivity contribution in [2.45, 2.75) is 109 Å². The van der Waals surface area contributed by atoms with Crippen LogP contribution in [-0.4, -0.2) is 54.3 Å². The molecular weight excluding hydrogens is 448 g/mol. The Morgan fingerprint density at radius 3 is 2.71 bits per heavy atom. The summed E-state index contributed by atoms with van der Waals surface area (Å²) >= 11 is 0. The number of carbonyl (C=O) groups is 3. The molecule has 0 aromatic rings. The van der Waals surface area contributed by atoms with Crippen molar-refractivity contribution >= 4 is 18.2 Å². The molecule has 8 unspecified atom stereocenters. The molecule has 8 nitrogen and oxygen atoms in total. The molecule has 1 saturated carbocycles. The number of ether oxygens (including phenoxy) is 3. The van der Waals surface area contributed by atoms with Gasteiger partial charge in [-0.1, -0.05) is 6.08 Å². The van der Waals surface area contributed by atoms with Crippen LogP contribution in [0.5, 0.6) is 0 Å². The zero-order valence-corrected chi connectivity index (χ0v) is 21.6. The molecule has 3 N–H and O–H groups in total. The van der Waals surface area contributed by atoms with Gasteiger partial charge in [-0.3, -0.25) is 4.79 Å². The molecule has 4 rings (SSSR count). The summed E-state index contributed by atoms with van der Waals surface area (Å²) in [5.74, 6) is 0.531. The number of esters is 2. The van der Waals surface area contributed by atoms with Gasteiger partial charge in [-0.2, -0.15) is 0 Å². The Morgan fingerprint density at radius 1 is 1.23 bits per heavy atom. The van der Waals surface area contributed by atoms with Crippen molar-refractivity contribution in [1.82, 2.24) is 5.32 Å². The third-order valence-electron chi connectivity index (χ3n) is 9.15. The number of aldehydes is 1. The summed E-state index contributed by atoms with van der Waals surface area (Å²) in [6.07, 6.45) is 8.07. The van der Waals surface area contributed by atoms with Gasteiger partial charge in [-0.25, -0.2) is 4.79 Å². The highest BCUT2D eigenvalue weighted by Gasteiger charge is 2.60. The number of hydrogen-bond donors (Lipinski definition) is 2. The topological polar surface area (TPSA) is 117 Å². The maximum atomic E-state index is 12.9. The molecule has 0 spiro atoms. The molecular formula is C27H42N2O6. The van der Waals surface area contributed by atoms with Crippen LogP contribution < -0.4 is 11.1 Å². The molecule has 0 bridgehead atoms. The maximum absolute atomic E-state index is 12.9. The third-order valence-corrected chi connectivity index (χ3v) is 9.15. The Kier molecular flexibility index (Phi) is 7.74. The highest BCUT2D eigenvalue weighted by molar-refractivity contribution is 5.88. The van der Waals surface area contributed by atoms with Gasteiger partial charge >= 0.3 is 11.9 Å². The number of allylic oxidation sites excluding steroid dienone is 1. The van der Waals surface area contributed by atoms with Gasteiger partial charge in [0.1, 0.15) is 23.6 Å².